The van der Waals surface area contributed by atoms with E-state index in [1.165, 1.54) is 0 Å². The van der Waals surface area contributed by atoms with Gasteiger partial charge in [-0.15, -0.1) is 0 Å². The van der Waals surface area contributed by atoms with Gasteiger partial charge in [0.05, 0.1) is 0 Å². The molecule has 1 nitrogen and oxygen atoms in total. The Morgan fingerprint density at radius 3 is 2.07 bits per heavy atom. The first kappa shape index (κ1) is 11.4. The number of halogens is 1. The molecule has 0 aliphatic carbocycles. The van der Waals surface area contributed by atoms with Gasteiger partial charge < -0.3 is 4.98 Å². The molecule has 0 spiro atoms. The smallest absolute Gasteiger partial charge is 0.304 e. The van der Waals surface area contributed by atoms with Gasteiger partial charge in [-0.05, 0) is 32.5 Å². The molecule has 0 bridgehead atoms. The van der Waals surface area contributed by atoms with Crippen molar-refractivity contribution in [2.75, 3.05) is 0 Å². The Morgan fingerprint density at radius 1 is 1.14 bits per heavy atom. The Balaban J connectivity index is 2.86. The van der Waals surface area contributed by atoms with E-state index in [0.29, 0.717) is 0 Å². The average Bonchev–Trinajstić information content (AvgIpc) is 2.01. The zero-order chi connectivity index (χ0) is 10.8. The van der Waals surface area contributed by atoms with Crippen molar-refractivity contribution in [3.05, 3.63) is 30.3 Å². The lowest BCUT2D eigenvalue weighted by Gasteiger charge is -2.29. The van der Waals surface area contributed by atoms with E-state index in [0.717, 1.165) is 5.19 Å². The predicted octanol–water partition coefficient (Wildman–Crippen LogP) is 2.32. The molecule has 0 amide bonds. The first-order valence-corrected chi connectivity index (χ1v) is 7.23. The lowest BCUT2D eigenvalue weighted by Crippen LogP contribution is -2.60. The first-order chi connectivity index (χ1) is 6.31. The molecule has 0 saturated heterocycles. The highest BCUT2D eigenvalue weighted by molar-refractivity contribution is 6.82. The molecule has 0 aromatic heterocycles. The second kappa shape index (κ2) is 3.83. The molecule has 1 N–H and O–H groups in total. The summed E-state index contributed by atoms with van der Waals surface area (Å²) >= 11 is 0. The summed E-state index contributed by atoms with van der Waals surface area (Å²) in [5.41, 5.74) is -0.175. The Morgan fingerprint density at radius 2 is 1.64 bits per heavy atom. The average molecular weight is 211 g/mol. The van der Waals surface area contributed by atoms with Crippen LogP contribution in [0.5, 0.6) is 0 Å². The van der Waals surface area contributed by atoms with Gasteiger partial charge in [0, 0.05) is 5.54 Å². The molecule has 0 fully saturated rings. The van der Waals surface area contributed by atoms with Crippen LogP contribution < -0.4 is 10.2 Å². The third kappa shape index (κ3) is 3.23. The molecule has 0 radical (unpaired) electrons. The molecule has 0 heterocycles. The van der Waals surface area contributed by atoms with Crippen molar-refractivity contribution in [3.63, 3.8) is 0 Å². The van der Waals surface area contributed by atoms with Crippen LogP contribution in [0.25, 0.3) is 0 Å². The number of hydrogen-bond acceptors (Lipinski definition) is 1. The normalized spacial score (nSPS) is 16.4. The number of hydrogen-bond donors (Lipinski definition) is 1. The number of benzene rings is 1. The Kier molecular flexibility index (Phi) is 3.12. The standard InChI is InChI=1S/C11H18FNSi/c1-11(2,3)13-14(4,12)10-8-6-5-7-9-10/h5-9,13H,1-4H3. The van der Waals surface area contributed by atoms with Gasteiger partial charge in [0.1, 0.15) is 0 Å². The van der Waals surface area contributed by atoms with Crippen molar-refractivity contribution in [1.29, 1.82) is 0 Å². The summed E-state index contributed by atoms with van der Waals surface area (Å²) in [6.07, 6.45) is 0. The van der Waals surface area contributed by atoms with Crippen molar-refractivity contribution in [1.82, 2.24) is 4.98 Å². The lowest BCUT2D eigenvalue weighted by molar-refractivity contribution is 0.492. The SMILES string of the molecule is CC(C)(C)N[Si](C)(F)c1ccccc1. The van der Waals surface area contributed by atoms with E-state index in [1.807, 2.05) is 51.1 Å². The molecule has 1 rings (SSSR count). The maximum atomic E-state index is 14.3. The fourth-order valence-electron chi connectivity index (χ4n) is 1.53. The van der Waals surface area contributed by atoms with Gasteiger partial charge in [-0.3, -0.25) is 4.11 Å². The summed E-state index contributed by atoms with van der Waals surface area (Å²) in [7, 11) is -2.96. The Hall–Kier alpha value is -0.673. The van der Waals surface area contributed by atoms with Crippen molar-refractivity contribution in [2.24, 2.45) is 0 Å². The molecular formula is C11H18FNSi. The van der Waals surface area contributed by atoms with E-state index in [1.54, 1.807) is 6.55 Å². The fraction of sp³-hybridized carbons (Fsp3) is 0.455. The summed E-state index contributed by atoms with van der Waals surface area (Å²) in [4.78, 5) is 3.08. The molecule has 1 atom stereocenters. The second-order valence-electron chi connectivity index (χ2n) is 4.74. The molecule has 14 heavy (non-hydrogen) atoms. The molecule has 3 heteroatoms. The van der Waals surface area contributed by atoms with Crippen LogP contribution in [-0.2, 0) is 0 Å². The second-order valence-corrected chi connectivity index (χ2v) is 7.58. The van der Waals surface area contributed by atoms with Crippen LogP contribution >= 0.6 is 0 Å². The quantitative estimate of drug-likeness (QED) is 0.585. The van der Waals surface area contributed by atoms with Crippen LogP contribution in [0.1, 0.15) is 20.8 Å². The molecule has 1 unspecified atom stereocenters. The topological polar surface area (TPSA) is 12.0 Å². The van der Waals surface area contributed by atoms with E-state index in [9.17, 15) is 4.11 Å². The summed E-state index contributed by atoms with van der Waals surface area (Å²) < 4.78 is 14.3. The van der Waals surface area contributed by atoms with Gasteiger partial charge in [0.2, 0.25) is 0 Å². The van der Waals surface area contributed by atoms with Crippen molar-refractivity contribution in [2.45, 2.75) is 32.9 Å². The van der Waals surface area contributed by atoms with E-state index in [2.05, 4.69) is 4.98 Å². The summed E-state index contributed by atoms with van der Waals surface area (Å²) in [6, 6.07) is 9.37. The maximum Gasteiger partial charge on any atom is 0.348 e. The van der Waals surface area contributed by atoms with Crippen LogP contribution in [0.4, 0.5) is 4.11 Å². The Bertz CT molecular complexity index is 290. The maximum absolute atomic E-state index is 14.3. The minimum Gasteiger partial charge on any atom is -0.304 e. The van der Waals surface area contributed by atoms with E-state index >= 15 is 0 Å². The third-order valence-corrected chi connectivity index (χ3v) is 4.56. The minimum absolute atomic E-state index is 0.175. The molecule has 0 saturated carbocycles. The van der Waals surface area contributed by atoms with E-state index < -0.39 is 8.57 Å². The van der Waals surface area contributed by atoms with Gasteiger partial charge in [0.25, 0.3) is 0 Å². The highest BCUT2D eigenvalue weighted by Gasteiger charge is 2.34. The van der Waals surface area contributed by atoms with Crippen molar-refractivity contribution < 1.29 is 4.11 Å². The largest absolute Gasteiger partial charge is 0.348 e. The van der Waals surface area contributed by atoms with Gasteiger partial charge in [0.15, 0.2) is 0 Å². The van der Waals surface area contributed by atoms with Crippen LogP contribution in [0.15, 0.2) is 30.3 Å². The van der Waals surface area contributed by atoms with Crippen molar-refractivity contribution >= 4 is 13.8 Å². The first-order valence-electron chi connectivity index (χ1n) is 4.85. The van der Waals surface area contributed by atoms with Gasteiger partial charge >= 0.3 is 8.57 Å². The minimum atomic E-state index is -2.96. The number of nitrogens with one attached hydrogen (secondary N) is 1. The molecule has 0 aliphatic rings. The van der Waals surface area contributed by atoms with Crippen molar-refractivity contribution in [3.8, 4) is 0 Å². The van der Waals surface area contributed by atoms with E-state index in [4.69, 9.17) is 0 Å². The molecular weight excluding hydrogens is 193 g/mol. The third-order valence-electron chi connectivity index (χ3n) is 1.93. The van der Waals surface area contributed by atoms with Crippen LogP contribution in [0, 0.1) is 0 Å². The fourth-order valence-corrected chi connectivity index (χ4v) is 3.90. The van der Waals surface area contributed by atoms with E-state index in [-0.39, 0.29) is 5.54 Å². The number of rotatable bonds is 2. The summed E-state index contributed by atoms with van der Waals surface area (Å²) in [6.45, 7) is 7.65. The monoisotopic (exact) mass is 211 g/mol. The van der Waals surface area contributed by atoms with Crippen LogP contribution in [0.3, 0.4) is 0 Å². The zero-order valence-corrected chi connectivity index (χ0v) is 10.3. The molecule has 0 aliphatic heterocycles. The molecule has 78 valence electrons. The van der Waals surface area contributed by atoms with Gasteiger partial charge in [-0.2, -0.15) is 0 Å². The van der Waals surface area contributed by atoms with Gasteiger partial charge in [-0.25, -0.2) is 0 Å². The molecule has 1 aromatic carbocycles. The highest BCUT2D eigenvalue weighted by atomic mass is 28.4. The zero-order valence-electron chi connectivity index (χ0n) is 9.26. The summed E-state index contributed by atoms with van der Waals surface area (Å²) in [5, 5.41) is 0.801. The Labute approximate surface area is 86.6 Å². The van der Waals surface area contributed by atoms with Crippen LogP contribution in [0.2, 0.25) is 6.55 Å². The van der Waals surface area contributed by atoms with Crippen LogP contribution in [-0.4, -0.2) is 14.1 Å². The molecule has 1 aromatic rings. The lowest BCUT2D eigenvalue weighted by atomic mass is 10.1. The summed E-state index contributed by atoms with van der Waals surface area (Å²) in [5.74, 6) is 0. The predicted molar refractivity (Wildman–Crippen MR) is 61.7 cm³/mol. The highest BCUT2D eigenvalue weighted by Crippen LogP contribution is 2.08. The van der Waals surface area contributed by atoms with Gasteiger partial charge in [-0.1, -0.05) is 30.3 Å².